The number of aliphatic hydroxyl groups is 1. The molecule has 3 saturated heterocycles. The Morgan fingerprint density at radius 1 is 0.907 bits per heavy atom. The van der Waals surface area contributed by atoms with E-state index in [0.717, 1.165) is 87.5 Å². The van der Waals surface area contributed by atoms with Gasteiger partial charge in [-0.15, -0.1) is 0 Å². The van der Waals surface area contributed by atoms with Crippen molar-refractivity contribution in [3.63, 3.8) is 0 Å². The first-order chi connectivity index (χ1) is 41.5. The number of carbonyl (C=O) groups is 4. The number of piperidine rings is 2. The lowest BCUT2D eigenvalue weighted by molar-refractivity contribution is -0.189. The van der Waals surface area contributed by atoms with E-state index in [1.54, 1.807) is 34.6 Å². The van der Waals surface area contributed by atoms with Crippen molar-refractivity contribution in [1.29, 1.82) is 0 Å². The van der Waals surface area contributed by atoms with Crippen molar-refractivity contribution in [2.45, 2.75) is 137 Å². The molecule has 1 amide bonds. The van der Waals surface area contributed by atoms with Gasteiger partial charge < -0.3 is 43.7 Å². The first kappa shape index (κ1) is 56.6. The van der Waals surface area contributed by atoms with E-state index in [9.17, 15) is 29.1 Å². The average Bonchev–Trinajstić information content (AvgIpc) is 2.19. The Kier molecular flexibility index (Phi) is 14.3. The van der Waals surface area contributed by atoms with Gasteiger partial charge in [-0.05, 0) is 156 Å². The molecule has 0 spiro atoms. The number of hydrogen-bond acceptors (Lipinski definition) is 16. The highest BCUT2D eigenvalue weighted by Gasteiger charge is 2.52. The molecule has 2 aromatic heterocycles. The van der Waals surface area contributed by atoms with E-state index in [1.165, 1.54) is 26.4 Å². The largest absolute Gasteiger partial charge is 0.510 e. The van der Waals surface area contributed by atoms with Gasteiger partial charge in [-0.25, -0.2) is 29.6 Å². The molecule has 3 fully saturated rings. The summed E-state index contributed by atoms with van der Waals surface area (Å²) in [4.78, 5) is 96.5. The summed E-state index contributed by atoms with van der Waals surface area (Å²) in [6.07, 6.45) is 14.1. The van der Waals surface area contributed by atoms with Gasteiger partial charge in [0.05, 0.1) is 70.3 Å². The lowest BCUT2D eigenvalue weighted by Crippen LogP contribution is -2.48. The highest BCUT2D eigenvalue weighted by atomic mass is 16.6. The number of nitrogens with zero attached hydrogens (tertiary/aromatic N) is 7. The molecule has 4 atom stereocenters. The number of rotatable bonds is 11. The summed E-state index contributed by atoms with van der Waals surface area (Å²) in [5.74, 6) is -4.00. The summed E-state index contributed by atoms with van der Waals surface area (Å²) < 4.78 is 25.3. The number of esters is 3. The second-order valence-electron chi connectivity index (χ2n) is 24.1. The molecule has 1 aromatic carbocycles. The van der Waals surface area contributed by atoms with Crippen molar-refractivity contribution in [1.82, 2.24) is 24.7 Å². The third-order valence-electron chi connectivity index (χ3n) is 19.7. The van der Waals surface area contributed by atoms with Gasteiger partial charge in [0, 0.05) is 82.0 Å². The molecule has 3 aromatic rings. The van der Waals surface area contributed by atoms with E-state index in [4.69, 9.17) is 38.9 Å². The van der Waals surface area contributed by atoms with E-state index in [-0.39, 0.29) is 66.9 Å². The molecular weight excluding hydrogens is 1090 g/mol. The normalized spacial score (nSPS) is 24.3. The van der Waals surface area contributed by atoms with Crippen molar-refractivity contribution in [2.75, 3.05) is 33.3 Å². The number of pyridine rings is 2. The van der Waals surface area contributed by atoms with Crippen LogP contribution < -0.4 is 15.6 Å². The number of likely N-dealkylation sites (tertiary alicyclic amines) is 2. The number of cyclic esters (lactones) is 1. The third-order valence-corrected chi connectivity index (χ3v) is 19.7. The number of carbonyl (C=O) groups excluding carboxylic acids is 4. The lowest BCUT2D eigenvalue weighted by atomic mass is 9.84. The highest BCUT2D eigenvalue weighted by molar-refractivity contribution is 6.24. The Morgan fingerprint density at radius 3 is 2.38 bits per heavy atom. The summed E-state index contributed by atoms with van der Waals surface area (Å²) >= 11 is 0. The maximum atomic E-state index is 14.8. The maximum Gasteiger partial charge on any atom is 0.415 e. The fourth-order valence-corrected chi connectivity index (χ4v) is 14.9. The molecule has 0 saturated carbocycles. The van der Waals surface area contributed by atoms with Crippen molar-refractivity contribution in [2.24, 2.45) is 32.7 Å². The summed E-state index contributed by atoms with van der Waals surface area (Å²) in [6, 6.07) is 7.69. The zero-order chi connectivity index (χ0) is 60.2. The Balaban J connectivity index is 0.814. The molecule has 444 valence electrons. The smallest absolute Gasteiger partial charge is 0.415 e. The molecule has 0 radical (unpaired) electrons. The number of fused-ring (bicyclic) bond motifs is 10. The lowest BCUT2D eigenvalue weighted by Gasteiger charge is -2.39. The number of nitrogens with one attached hydrogen (secondary N) is 1. The Morgan fingerprint density at radius 2 is 1.66 bits per heavy atom. The van der Waals surface area contributed by atoms with Crippen LogP contribution in [0.25, 0.3) is 22.3 Å². The number of hydrogen-bond donors (Lipinski definition) is 2. The minimum absolute atomic E-state index is 0.0356. The van der Waals surface area contributed by atoms with E-state index in [0.29, 0.717) is 94.2 Å². The van der Waals surface area contributed by atoms with Gasteiger partial charge in [-0.3, -0.25) is 14.4 Å². The van der Waals surface area contributed by atoms with Crippen LogP contribution in [0.4, 0.5) is 4.79 Å². The topological polar surface area (TPSA) is 216 Å². The van der Waals surface area contributed by atoms with E-state index in [2.05, 4.69) is 30.6 Å². The molecule has 1 aliphatic carbocycles. The zero-order valence-electron chi connectivity index (χ0n) is 50.2. The standard InChI is InChI=1S/C68H72N8O10/c1-10-40-34(5)49-29-51-36(7)43(61(72-51)58-59(65(80)83-9)63(78)57-37(8)52(73-62(57)58)31-54-41(11-2)35(6)50(70-54)30-53(40)69-49)18-20-56(77)86-68(13-4)47-28-55-60-45(32-76(55)64(79)46(47)33-84-66(68)81)42(12-3)44-27-39(17-19-48(44)71-60)85-67(82)75-25-21-38(22-26-75)74-23-15-14-16-24-74/h10,17,19,27-31,36,38,43,59,72,78H,1,11-16,18,20-26,32-33H2,2-9H3. The second-order valence-corrected chi connectivity index (χ2v) is 24.1. The average molecular weight is 1160 g/mol. The Labute approximate surface area is 499 Å². The van der Waals surface area contributed by atoms with Gasteiger partial charge in [0.2, 0.25) is 5.60 Å². The molecule has 18 heteroatoms. The van der Waals surface area contributed by atoms with Crippen LogP contribution >= 0.6 is 0 Å². The van der Waals surface area contributed by atoms with Crippen molar-refractivity contribution in [3.8, 4) is 17.1 Å². The molecule has 8 bridgehead atoms. The monoisotopic (exact) mass is 1160 g/mol. The molecule has 11 heterocycles. The molecule has 10 aliphatic rings. The quantitative estimate of drug-likeness (QED) is 0.106. The van der Waals surface area contributed by atoms with Crippen LogP contribution in [-0.2, 0) is 53.8 Å². The van der Waals surface area contributed by atoms with Crippen LogP contribution in [0.5, 0.6) is 5.75 Å². The van der Waals surface area contributed by atoms with Crippen LogP contribution in [-0.4, -0.2) is 105 Å². The minimum Gasteiger partial charge on any atom is -0.510 e. The summed E-state index contributed by atoms with van der Waals surface area (Å²) in [7, 11) is 1.28. The molecule has 13 rings (SSSR count). The SMILES string of the molecule is C=CC1=C(C)C2=NC1=CC1=NC(=CC3=C(C)C4=C(O)C(C(=O)OC)C(=C5NC(=C2)C(C)C5CCC(=O)OC2(CC)C(=O)OCc5c2cc2n(c5=O)Cc5c-2nc2ccc(OC(=O)N6CCC(N7CCCCC7)CC6)cc2c5CC)C4=N3)C(CC)=C1C. The maximum absolute atomic E-state index is 14.8. The number of aryl methyl sites for hydroxylation is 1. The molecule has 2 N–H and O–H groups in total. The number of ether oxygens (including phenoxy) is 4. The van der Waals surface area contributed by atoms with Gasteiger partial charge in [-0.2, -0.15) is 0 Å². The molecule has 18 nitrogen and oxygen atoms in total. The number of aromatic nitrogens is 2. The molecular formula is C68H72N8O10. The highest BCUT2D eigenvalue weighted by Crippen LogP contribution is 2.50. The van der Waals surface area contributed by atoms with Gasteiger partial charge in [-0.1, -0.05) is 46.8 Å². The number of allylic oxidation sites excluding steroid dienone is 11. The Hall–Kier alpha value is -8.51. The number of benzene rings is 1. The molecule has 4 unspecified atom stereocenters. The van der Waals surface area contributed by atoms with Crippen LogP contribution in [0, 0.1) is 17.8 Å². The molecule has 86 heavy (non-hydrogen) atoms. The van der Waals surface area contributed by atoms with Crippen molar-refractivity contribution in [3.05, 3.63) is 161 Å². The second kappa shape index (κ2) is 21.8. The predicted molar refractivity (Wildman–Crippen MR) is 326 cm³/mol. The van der Waals surface area contributed by atoms with E-state index in [1.807, 2.05) is 58.1 Å². The van der Waals surface area contributed by atoms with Gasteiger partial charge >= 0.3 is 24.0 Å². The summed E-state index contributed by atoms with van der Waals surface area (Å²) in [5.41, 5.74) is 12.2. The minimum atomic E-state index is -1.98. The van der Waals surface area contributed by atoms with Crippen LogP contribution in [0.2, 0.25) is 0 Å². The fraction of sp³-hybridized carbons (Fsp3) is 0.426. The summed E-state index contributed by atoms with van der Waals surface area (Å²) in [5, 5.41) is 16.6. The Bertz CT molecular complexity index is 4030. The fourth-order valence-electron chi connectivity index (χ4n) is 14.9. The van der Waals surface area contributed by atoms with E-state index < -0.39 is 35.3 Å². The first-order valence-electron chi connectivity index (χ1n) is 30.5. The number of amides is 1. The summed E-state index contributed by atoms with van der Waals surface area (Å²) in [6.45, 7) is 21.4. The third kappa shape index (κ3) is 8.94. The first-order valence-corrected chi connectivity index (χ1v) is 30.5. The predicted octanol–water partition coefficient (Wildman–Crippen LogP) is 10.7. The van der Waals surface area contributed by atoms with Gasteiger partial charge in [0.25, 0.3) is 5.56 Å². The van der Waals surface area contributed by atoms with Crippen molar-refractivity contribution >= 4 is 52.0 Å². The van der Waals surface area contributed by atoms with Crippen LogP contribution in [0.15, 0.2) is 148 Å². The number of aliphatic imine (C=N–C) groups is 3. The van der Waals surface area contributed by atoms with Gasteiger partial charge in [0.1, 0.15) is 24.0 Å². The molecule has 9 aliphatic heterocycles. The number of methoxy groups -OCH3 is 1. The number of aliphatic hydroxyl groups excluding tert-OH is 1. The zero-order valence-corrected chi connectivity index (χ0v) is 50.2. The van der Waals surface area contributed by atoms with E-state index >= 15 is 0 Å². The van der Waals surface area contributed by atoms with Crippen LogP contribution in [0.3, 0.4) is 0 Å². The van der Waals surface area contributed by atoms with Gasteiger partial charge in [0.15, 0.2) is 0 Å². The van der Waals surface area contributed by atoms with Crippen LogP contribution in [0.1, 0.15) is 129 Å². The van der Waals surface area contributed by atoms with Crippen molar-refractivity contribution < 1.29 is 43.2 Å².